The number of rotatable bonds is 9. The van der Waals surface area contributed by atoms with Gasteiger partial charge in [-0.15, -0.1) is 46.7 Å². The lowest BCUT2D eigenvalue weighted by Gasteiger charge is -2.20. The minimum Gasteiger partial charge on any atom is -0.383 e. The highest BCUT2D eigenvalue weighted by atomic mass is 127. The fraction of sp³-hybridized carbons (Fsp3) is 0.500. The van der Waals surface area contributed by atoms with E-state index in [1.165, 1.54) is 0 Å². The van der Waals surface area contributed by atoms with Gasteiger partial charge in [-0.25, -0.2) is 9.98 Å². The number of nitrogens with one attached hydrogen (secondary N) is 2. The van der Waals surface area contributed by atoms with Crippen LogP contribution in [0.15, 0.2) is 38.4 Å². The topological polar surface area (TPSA) is 69.5 Å². The summed E-state index contributed by atoms with van der Waals surface area (Å²) in [6.07, 6.45) is 2.86. The first-order valence-electron chi connectivity index (χ1n) is 7.92. The molecule has 9 heteroatoms. The Morgan fingerprint density at radius 1 is 1.36 bits per heavy atom. The molecule has 2 heterocycles. The third-order valence-corrected chi connectivity index (χ3v) is 6.37. The lowest BCUT2D eigenvalue weighted by atomic mass is 10.1. The summed E-state index contributed by atoms with van der Waals surface area (Å²) in [6, 6.07) is 3.89. The summed E-state index contributed by atoms with van der Waals surface area (Å²) in [5.74, 6) is 1.76. The largest absolute Gasteiger partial charge is 0.383 e. The fourth-order valence-electron chi connectivity index (χ4n) is 1.96. The Morgan fingerprint density at radius 3 is 2.84 bits per heavy atom. The number of hydrogen-bond acceptors (Lipinski definition) is 6. The number of thiazole rings is 1. The number of halogens is 1. The Hall–Kier alpha value is -0.360. The van der Waals surface area contributed by atoms with Gasteiger partial charge in [-0.3, -0.25) is 0 Å². The highest BCUT2D eigenvalue weighted by molar-refractivity contribution is 14.0. The zero-order valence-electron chi connectivity index (χ0n) is 14.4. The zero-order valence-corrected chi connectivity index (χ0v) is 19.2. The quantitative estimate of drug-likeness (QED) is 0.157. The summed E-state index contributed by atoms with van der Waals surface area (Å²) in [5.41, 5.74) is -0.933. The Kier molecular flexibility index (Phi) is 11.0. The van der Waals surface area contributed by atoms with Crippen molar-refractivity contribution in [1.82, 2.24) is 15.6 Å². The van der Waals surface area contributed by atoms with Gasteiger partial charge in [0.2, 0.25) is 0 Å². The van der Waals surface area contributed by atoms with E-state index >= 15 is 0 Å². The van der Waals surface area contributed by atoms with E-state index in [-0.39, 0.29) is 24.0 Å². The number of aliphatic hydroxyl groups is 1. The molecule has 0 aliphatic heterocycles. The fourth-order valence-corrected chi connectivity index (χ4v) is 4.38. The van der Waals surface area contributed by atoms with Gasteiger partial charge >= 0.3 is 0 Å². The average molecular weight is 513 g/mol. The highest BCUT2D eigenvalue weighted by Gasteiger charge is 2.23. The van der Waals surface area contributed by atoms with Crippen molar-refractivity contribution >= 4 is 64.4 Å². The first-order chi connectivity index (χ1) is 11.6. The number of thiophene rings is 1. The summed E-state index contributed by atoms with van der Waals surface area (Å²) in [6.45, 7) is 5.80. The molecular weight excluding hydrogens is 487 g/mol. The molecule has 0 fully saturated rings. The zero-order chi connectivity index (χ0) is 17.3. The predicted octanol–water partition coefficient (Wildman–Crippen LogP) is 3.77. The highest BCUT2D eigenvalue weighted by Crippen LogP contribution is 2.25. The number of hydrogen-bond donors (Lipinski definition) is 3. The number of aliphatic imine (C=N–C) groups is 1. The van der Waals surface area contributed by atoms with Crippen molar-refractivity contribution in [2.75, 3.05) is 25.4 Å². The lowest BCUT2D eigenvalue weighted by Crippen LogP contribution is -2.39. The summed E-state index contributed by atoms with van der Waals surface area (Å²) in [4.78, 5) is 9.71. The molecule has 3 N–H and O–H groups in total. The second-order valence-corrected chi connectivity index (χ2v) is 8.56. The Labute approximate surface area is 178 Å². The maximum absolute atomic E-state index is 10.5. The van der Waals surface area contributed by atoms with E-state index < -0.39 is 5.60 Å². The molecule has 25 heavy (non-hydrogen) atoms. The average Bonchev–Trinajstić information content (AvgIpc) is 3.25. The maximum atomic E-state index is 10.5. The van der Waals surface area contributed by atoms with Gasteiger partial charge in [-0.2, -0.15) is 0 Å². The Balaban J connectivity index is 0.00000312. The lowest BCUT2D eigenvalue weighted by molar-refractivity contribution is 0.0711. The van der Waals surface area contributed by atoms with Crippen molar-refractivity contribution in [2.45, 2.75) is 30.2 Å². The smallest absolute Gasteiger partial charge is 0.191 e. The Bertz CT molecular complexity index is 603. The molecule has 0 bridgehead atoms. The number of nitrogens with zero attached hydrogens (tertiary/aromatic N) is 2. The number of aromatic nitrogens is 1. The van der Waals surface area contributed by atoms with Crippen LogP contribution < -0.4 is 10.6 Å². The molecular formula is C16H25IN4OS3. The molecule has 0 aliphatic carbocycles. The van der Waals surface area contributed by atoms with Crippen molar-refractivity contribution in [3.8, 4) is 0 Å². The van der Waals surface area contributed by atoms with Crippen LogP contribution in [0.2, 0.25) is 0 Å². The minimum absolute atomic E-state index is 0. The monoisotopic (exact) mass is 512 g/mol. The molecule has 2 rings (SSSR count). The predicted molar refractivity (Wildman–Crippen MR) is 121 cm³/mol. The molecule has 0 aromatic carbocycles. The number of thioether (sulfide) groups is 1. The van der Waals surface area contributed by atoms with Crippen LogP contribution in [0.1, 0.15) is 25.1 Å². The van der Waals surface area contributed by atoms with E-state index in [0.29, 0.717) is 6.54 Å². The van der Waals surface area contributed by atoms with E-state index in [0.717, 1.165) is 40.4 Å². The van der Waals surface area contributed by atoms with Gasteiger partial charge in [0.25, 0.3) is 0 Å². The molecule has 0 radical (unpaired) electrons. The van der Waals surface area contributed by atoms with Crippen molar-refractivity contribution in [1.29, 1.82) is 0 Å². The first kappa shape index (κ1) is 22.7. The standard InChI is InChI=1S/C16H24N4OS3.HI/c1-3-17-14(18-7-5-10-23-15-19-8-11-24-15)20-12-16(2,21)13-6-4-9-22-13;/h4,6,8-9,11,21H,3,5,7,10,12H2,1-2H3,(H2,17,18,20);1H. The summed E-state index contributed by atoms with van der Waals surface area (Å²) in [7, 11) is 0. The normalized spacial score (nSPS) is 13.8. The SMILES string of the molecule is CCNC(=NCC(C)(O)c1cccs1)NCCCSc1nccs1.I. The summed E-state index contributed by atoms with van der Waals surface area (Å²) < 4.78 is 1.11. The van der Waals surface area contributed by atoms with E-state index in [1.54, 1.807) is 41.4 Å². The third-order valence-electron chi connectivity index (χ3n) is 3.19. The van der Waals surface area contributed by atoms with Crippen LogP contribution in [0, 0.1) is 0 Å². The van der Waals surface area contributed by atoms with Crippen LogP contribution >= 0.6 is 58.4 Å². The van der Waals surface area contributed by atoms with E-state index in [2.05, 4.69) is 20.6 Å². The first-order valence-corrected chi connectivity index (χ1v) is 10.7. The molecule has 0 saturated carbocycles. The van der Waals surface area contributed by atoms with Gasteiger partial charge in [0.1, 0.15) is 9.94 Å². The van der Waals surface area contributed by atoms with Crippen molar-refractivity contribution < 1.29 is 5.11 Å². The molecule has 0 aliphatic rings. The van der Waals surface area contributed by atoms with Crippen molar-refractivity contribution in [2.24, 2.45) is 4.99 Å². The van der Waals surface area contributed by atoms with Crippen LogP contribution in [0.5, 0.6) is 0 Å². The van der Waals surface area contributed by atoms with Gasteiger partial charge < -0.3 is 15.7 Å². The van der Waals surface area contributed by atoms with Crippen LogP contribution in [0.4, 0.5) is 0 Å². The van der Waals surface area contributed by atoms with Gasteiger partial charge in [0.05, 0.1) is 6.54 Å². The van der Waals surface area contributed by atoms with Crippen molar-refractivity contribution in [3.05, 3.63) is 34.0 Å². The summed E-state index contributed by atoms with van der Waals surface area (Å²) in [5, 5.41) is 21.0. The van der Waals surface area contributed by atoms with Gasteiger partial charge in [-0.1, -0.05) is 17.8 Å². The van der Waals surface area contributed by atoms with E-state index in [4.69, 9.17) is 0 Å². The second-order valence-electron chi connectivity index (χ2n) is 5.37. The van der Waals surface area contributed by atoms with E-state index in [9.17, 15) is 5.11 Å². The molecule has 2 aromatic rings. The molecule has 5 nitrogen and oxygen atoms in total. The van der Waals surface area contributed by atoms with Crippen LogP contribution in [0.3, 0.4) is 0 Å². The van der Waals surface area contributed by atoms with Crippen LogP contribution in [0.25, 0.3) is 0 Å². The van der Waals surface area contributed by atoms with Gasteiger partial charge in [-0.05, 0) is 31.7 Å². The molecule has 2 aromatic heterocycles. The number of guanidine groups is 1. The van der Waals surface area contributed by atoms with E-state index in [1.807, 2.05) is 36.0 Å². The maximum Gasteiger partial charge on any atom is 0.191 e. The second kappa shape index (κ2) is 12.1. The molecule has 1 atom stereocenters. The van der Waals surface area contributed by atoms with Crippen molar-refractivity contribution in [3.63, 3.8) is 0 Å². The molecule has 0 spiro atoms. The van der Waals surface area contributed by atoms with Crippen LogP contribution in [-0.4, -0.2) is 41.4 Å². The van der Waals surface area contributed by atoms with Crippen LogP contribution in [-0.2, 0) is 5.60 Å². The van der Waals surface area contributed by atoms with Gasteiger partial charge in [0, 0.05) is 35.3 Å². The summed E-state index contributed by atoms with van der Waals surface area (Å²) >= 11 is 5.00. The third kappa shape index (κ3) is 8.25. The Morgan fingerprint density at radius 2 is 2.20 bits per heavy atom. The molecule has 0 saturated heterocycles. The molecule has 140 valence electrons. The molecule has 0 amide bonds. The van der Waals surface area contributed by atoms with Gasteiger partial charge in [0.15, 0.2) is 5.96 Å². The molecule has 1 unspecified atom stereocenters. The minimum atomic E-state index is -0.933.